The van der Waals surface area contributed by atoms with Crippen LogP contribution in [0.15, 0.2) is 12.7 Å². The van der Waals surface area contributed by atoms with Crippen LogP contribution < -0.4 is 5.32 Å². The van der Waals surface area contributed by atoms with Crippen molar-refractivity contribution in [2.45, 2.75) is 46.5 Å². The molecule has 0 aromatic carbocycles. The van der Waals surface area contributed by atoms with Gasteiger partial charge in [0, 0.05) is 0 Å². The van der Waals surface area contributed by atoms with Crippen molar-refractivity contribution >= 4 is 0 Å². The largest absolute Gasteiger partial charge is 0.316 e. The van der Waals surface area contributed by atoms with Gasteiger partial charge in [-0.15, -0.1) is 6.58 Å². The van der Waals surface area contributed by atoms with E-state index in [1.54, 1.807) is 0 Å². The monoisotopic (exact) mass is 197 g/mol. The Balaban J connectivity index is 3.19. The predicted octanol–water partition coefficient (Wildman–Crippen LogP) is 3.61. The maximum absolute atomic E-state index is 3.73. The van der Waals surface area contributed by atoms with Crippen LogP contribution in [0.4, 0.5) is 0 Å². The molecule has 0 rings (SSSR count). The summed E-state index contributed by atoms with van der Waals surface area (Å²) in [6.07, 6.45) is 7.18. The second-order valence-corrected chi connectivity index (χ2v) is 4.73. The van der Waals surface area contributed by atoms with Crippen LogP contribution in [0, 0.1) is 11.8 Å². The molecule has 1 unspecified atom stereocenters. The van der Waals surface area contributed by atoms with E-state index in [4.69, 9.17) is 0 Å². The third-order valence-corrected chi connectivity index (χ3v) is 2.40. The Bertz CT molecular complexity index is 129. The van der Waals surface area contributed by atoms with Crippen molar-refractivity contribution < 1.29 is 0 Å². The van der Waals surface area contributed by atoms with Crippen LogP contribution >= 0.6 is 0 Å². The van der Waals surface area contributed by atoms with Gasteiger partial charge in [-0.3, -0.25) is 0 Å². The molecule has 0 aromatic rings. The molecule has 0 spiro atoms. The topological polar surface area (TPSA) is 12.0 Å². The summed E-state index contributed by atoms with van der Waals surface area (Å²) >= 11 is 0. The van der Waals surface area contributed by atoms with Crippen molar-refractivity contribution in [2.75, 3.05) is 13.1 Å². The van der Waals surface area contributed by atoms with Crippen LogP contribution in [0.3, 0.4) is 0 Å². The second-order valence-electron chi connectivity index (χ2n) is 4.73. The maximum atomic E-state index is 3.73. The van der Waals surface area contributed by atoms with Crippen LogP contribution in [-0.2, 0) is 0 Å². The summed E-state index contributed by atoms with van der Waals surface area (Å²) in [7, 11) is 0. The van der Waals surface area contributed by atoms with Crippen molar-refractivity contribution in [3.05, 3.63) is 12.7 Å². The van der Waals surface area contributed by atoms with Gasteiger partial charge in [-0.1, -0.05) is 33.3 Å². The summed E-state index contributed by atoms with van der Waals surface area (Å²) in [5.41, 5.74) is 0. The molecule has 1 heteroatoms. The van der Waals surface area contributed by atoms with Gasteiger partial charge in [-0.05, 0) is 44.2 Å². The molecule has 1 nitrogen and oxygen atoms in total. The smallest absolute Gasteiger partial charge is 0.00230 e. The number of hydrogen-bond donors (Lipinski definition) is 1. The van der Waals surface area contributed by atoms with E-state index in [1.807, 2.05) is 6.08 Å². The number of allylic oxidation sites excluding steroid dienone is 1. The van der Waals surface area contributed by atoms with Crippen molar-refractivity contribution in [2.24, 2.45) is 11.8 Å². The van der Waals surface area contributed by atoms with Crippen LogP contribution in [0.5, 0.6) is 0 Å². The third kappa shape index (κ3) is 9.79. The Hall–Kier alpha value is -0.300. The lowest BCUT2D eigenvalue weighted by Crippen LogP contribution is -2.25. The van der Waals surface area contributed by atoms with Crippen molar-refractivity contribution in [1.82, 2.24) is 5.32 Å². The van der Waals surface area contributed by atoms with Crippen LogP contribution in [0.25, 0.3) is 0 Å². The Morgan fingerprint density at radius 3 is 2.43 bits per heavy atom. The average molecular weight is 197 g/mol. The van der Waals surface area contributed by atoms with E-state index in [9.17, 15) is 0 Å². The molecule has 14 heavy (non-hydrogen) atoms. The van der Waals surface area contributed by atoms with Gasteiger partial charge in [0.15, 0.2) is 0 Å². The van der Waals surface area contributed by atoms with Crippen molar-refractivity contribution in [1.29, 1.82) is 0 Å². The normalized spacial score (nSPS) is 13.1. The quantitative estimate of drug-likeness (QED) is 0.440. The fraction of sp³-hybridized carbons (Fsp3) is 0.846. The molecule has 0 aliphatic carbocycles. The molecule has 0 aliphatic rings. The maximum Gasteiger partial charge on any atom is -0.00230 e. The Morgan fingerprint density at radius 1 is 1.14 bits per heavy atom. The molecule has 0 radical (unpaired) electrons. The number of rotatable bonds is 9. The molecular weight excluding hydrogens is 170 g/mol. The van der Waals surface area contributed by atoms with Gasteiger partial charge in [0.05, 0.1) is 0 Å². The highest BCUT2D eigenvalue weighted by Gasteiger charge is 2.01. The fourth-order valence-corrected chi connectivity index (χ4v) is 1.50. The van der Waals surface area contributed by atoms with E-state index >= 15 is 0 Å². The lowest BCUT2D eigenvalue weighted by Gasteiger charge is -2.13. The lowest BCUT2D eigenvalue weighted by molar-refractivity contribution is 0.439. The van der Waals surface area contributed by atoms with Gasteiger partial charge in [0.25, 0.3) is 0 Å². The first-order valence-corrected chi connectivity index (χ1v) is 5.98. The molecule has 0 heterocycles. The Kier molecular flexibility index (Phi) is 9.06. The zero-order valence-electron chi connectivity index (χ0n) is 10.2. The molecule has 1 N–H and O–H groups in total. The summed E-state index contributed by atoms with van der Waals surface area (Å²) in [4.78, 5) is 0. The first-order valence-electron chi connectivity index (χ1n) is 5.98. The molecule has 0 fully saturated rings. The van der Waals surface area contributed by atoms with Gasteiger partial charge >= 0.3 is 0 Å². The predicted molar refractivity (Wildman–Crippen MR) is 65.5 cm³/mol. The highest BCUT2D eigenvalue weighted by atomic mass is 14.9. The zero-order valence-corrected chi connectivity index (χ0v) is 10.2. The summed E-state index contributed by atoms with van der Waals surface area (Å²) in [5.74, 6) is 1.58. The number of hydrogen-bond acceptors (Lipinski definition) is 1. The summed E-state index contributed by atoms with van der Waals surface area (Å²) in [6, 6.07) is 0. The Labute approximate surface area is 90.0 Å². The van der Waals surface area contributed by atoms with Crippen LogP contribution in [-0.4, -0.2) is 13.1 Å². The van der Waals surface area contributed by atoms with Gasteiger partial charge in [0.1, 0.15) is 0 Å². The highest BCUT2D eigenvalue weighted by molar-refractivity contribution is 4.66. The molecule has 84 valence electrons. The fourth-order valence-electron chi connectivity index (χ4n) is 1.50. The Morgan fingerprint density at radius 2 is 1.86 bits per heavy atom. The van der Waals surface area contributed by atoms with E-state index in [1.165, 1.54) is 32.2 Å². The summed E-state index contributed by atoms with van der Waals surface area (Å²) < 4.78 is 0. The lowest BCUT2D eigenvalue weighted by atomic mass is 10.0. The van der Waals surface area contributed by atoms with Crippen LogP contribution in [0.2, 0.25) is 0 Å². The first-order chi connectivity index (χ1) is 6.66. The van der Waals surface area contributed by atoms with Gasteiger partial charge in [-0.25, -0.2) is 0 Å². The van der Waals surface area contributed by atoms with Crippen molar-refractivity contribution in [3.63, 3.8) is 0 Å². The minimum absolute atomic E-state index is 0.767. The SMILES string of the molecule is C=CCCCCC(C)CNCC(C)C. The highest BCUT2D eigenvalue weighted by Crippen LogP contribution is 2.08. The van der Waals surface area contributed by atoms with E-state index in [2.05, 4.69) is 32.7 Å². The minimum atomic E-state index is 0.767. The van der Waals surface area contributed by atoms with E-state index in [0.717, 1.165) is 18.4 Å². The van der Waals surface area contributed by atoms with Crippen molar-refractivity contribution in [3.8, 4) is 0 Å². The summed E-state index contributed by atoms with van der Waals surface area (Å²) in [6.45, 7) is 12.9. The molecule has 0 bridgehead atoms. The first kappa shape index (κ1) is 13.7. The minimum Gasteiger partial charge on any atom is -0.316 e. The molecule has 0 saturated heterocycles. The van der Waals surface area contributed by atoms with E-state index in [-0.39, 0.29) is 0 Å². The molecule has 0 aliphatic heterocycles. The van der Waals surface area contributed by atoms with E-state index < -0.39 is 0 Å². The van der Waals surface area contributed by atoms with Crippen LogP contribution in [0.1, 0.15) is 46.5 Å². The molecule has 0 aromatic heterocycles. The van der Waals surface area contributed by atoms with Gasteiger partial charge in [-0.2, -0.15) is 0 Å². The average Bonchev–Trinajstić information content (AvgIpc) is 2.12. The molecule has 1 atom stereocenters. The third-order valence-electron chi connectivity index (χ3n) is 2.40. The molecular formula is C13H27N. The summed E-state index contributed by atoms with van der Waals surface area (Å²) in [5, 5.41) is 3.51. The molecule has 0 saturated carbocycles. The van der Waals surface area contributed by atoms with E-state index in [0.29, 0.717) is 0 Å². The van der Waals surface area contributed by atoms with Gasteiger partial charge < -0.3 is 5.32 Å². The molecule has 0 amide bonds. The zero-order chi connectivity index (χ0) is 10.8. The number of unbranched alkanes of at least 4 members (excludes halogenated alkanes) is 2. The van der Waals surface area contributed by atoms with Gasteiger partial charge in [0.2, 0.25) is 0 Å². The standard InChI is InChI=1S/C13H27N/c1-5-6-7-8-9-13(4)11-14-10-12(2)3/h5,12-14H,1,6-11H2,2-4H3. The number of nitrogens with one attached hydrogen (secondary N) is 1. The second kappa shape index (κ2) is 9.26.